The summed E-state index contributed by atoms with van der Waals surface area (Å²) in [4.78, 5) is 27.8. The molecule has 1 aromatic carbocycles. The molecule has 0 saturated heterocycles. The topological polar surface area (TPSA) is 87.3 Å². The smallest absolute Gasteiger partial charge is 0.341 e. The molecule has 2 rings (SSSR count). The first-order chi connectivity index (χ1) is 11.2. The van der Waals surface area contributed by atoms with E-state index in [0.717, 1.165) is 5.56 Å². The molecule has 7 nitrogen and oxygen atoms in total. The maximum absolute atomic E-state index is 11.4. The summed E-state index contributed by atoms with van der Waals surface area (Å²) < 4.78 is 14.4. The summed E-state index contributed by atoms with van der Waals surface area (Å²) in [5, 5.41) is 3.78. The van der Waals surface area contributed by atoms with Gasteiger partial charge in [0.25, 0.3) is 0 Å². The quantitative estimate of drug-likeness (QED) is 0.462. The van der Waals surface area contributed by atoms with E-state index in [9.17, 15) is 9.59 Å². The number of hydrogen-bond acceptors (Lipinski definition) is 7. The van der Waals surface area contributed by atoms with Gasteiger partial charge in [0, 0.05) is 0 Å². The largest absolute Gasteiger partial charge is 0.465 e. The molecule has 0 bridgehead atoms. The van der Waals surface area contributed by atoms with Crippen LogP contribution in [0.25, 0.3) is 0 Å². The molecule has 0 amide bonds. The standard InChI is InChI=1S/C16H15NO6/c1-20-15(18)12-5-3-11(4-6-12)9-17-23-10-14-13(7-8-22-14)16(19)21-2/h3-9H,10H2,1-2H3. The Bertz CT molecular complexity index is 702. The summed E-state index contributed by atoms with van der Waals surface area (Å²) in [7, 11) is 2.61. The normalized spacial score (nSPS) is 10.5. The summed E-state index contributed by atoms with van der Waals surface area (Å²) in [6.07, 6.45) is 2.85. The van der Waals surface area contributed by atoms with Crippen LogP contribution < -0.4 is 0 Å². The van der Waals surface area contributed by atoms with Crippen molar-refractivity contribution in [3.63, 3.8) is 0 Å². The Morgan fingerprint density at radius 1 is 1.09 bits per heavy atom. The first-order valence-corrected chi connectivity index (χ1v) is 6.64. The number of esters is 2. The van der Waals surface area contributed by atoms with Crippen molar-refractivity contribution < 1.29 is 28.3 Å². The zero-order chi connectivity index (χ0) is 16.7. The van der Waals surface area contributed by atoms with Gasteiger partial charge in [-0.15, -0.1) is 0 Å². The van der Waals surface area contributed by atoms with Crippen LogP contribution in [0.5, 0.6) is 0 Å². The Hall–Kier alpha value is -3.09. The molecule has 7 heteroatoms. The monoisotopic (exact) mass is 317 g/mol. The second-order valence-corrected chi connectivity index (χ2v) is 4.37. The van der Waals surface area contributed by atoms with Gasteiger partial charge in [-0.3, -0.25) is 0 Å². The van der Waals surface area contributed by atoms with Crippen LogP contribution in [-0.4, -0.2) is 32.4 Å². The van der Waals surface area contributed by atoms with E-state index in [4.69, 9.17) is 9.25 Å². The highest BCUT2D eigenvalue weighted by Gasteiger charge is 2.15. The number of benzene rings is 1. The van der Waals surface area contributed by atoms with Gasteiger partial charge < -0.3 is 18.7 Å². The lowest BCUT2D eigenvalue weighted by Gasteiger charge is -2.00. The van der Waals surface area contributed by atoms with E-state index in [1.165, 1.54) is 32.8 Å². The zero-order valence-corrected chi connectivity index (χ0v) is 12.6. The second kappa shape index (κ2) is 7.79. The lowest BCUT2D eigenvalue weighted by Crippen LogP contribution is -2.03. The number of carbonyl (C=O) groups is 2. The van der Waals surface area contributed by atoms with Crippen LogP contribution >= 0.6 is 0 Å². The fourth-order valence-electron chi connectivity index (χ4n) is 1.76. The third-order valence-corrected chi connectivity index (χ3v) is 2.95. The van der Waals surface area contributed by atoms with Crippen molar-refractivity contribution in [2.24, 2.45) is 5.16 Å². The molecule has 0 aliphatic rings. The highest BCUT2D eigenvalue weighted by atomic mass is 16.6. The summed E-state index contributed by atoms with van der Waals surface area (Å²) >= 11 is 0. The molecule has 0 unspecified atom stereocenters. The van der Waals surface area contributed by atoms with E-state index in [-0.39, 0.29) is 6.61 Å². The van der Waals surface area contributed by atoms with Crippen LogP contribution in [-0.2, 0) is 20.9 Å². The minimum atomic E-state index is -0.500. The molecular formula is C16H15NO6. The van der Waals surface area contributed by atoms with E-state index >= 15 is 0 Å². The summed E-state index contributed by atoms with van der Waals surface area (Å²) in [5.74, 6) is -0.576. The Kier molecular flexibility index (Phi) is 5.51. The molecule has 0 fully saturated rings. The van der Waals surface area contributed by atoms with Gasteiger partial charge in [0.1, 0.15) is 5.56 Å². The number of methoxy groups -OCH3 is 2. The first kappa shape index (κ1) is 16.3. The molecule has 0 aliphatic heterocycles. The number of oxime groups is 1. The Morgan fingerprint density at radius 3 is 2.43 bits per heavy atom. The second-order valence-electron chi connectivity index (χ2n) is 4.37. The van der Waals surface area contributed by atoms with Gasteiger partial charge in [-0.25, -0.2) is 9.59 Å². The molecule has 0 saturated carbocycles. The molecule has 0 N–H and O–H groups in total. The fourth-order valence-corrected chi connectivity index (χ4v) is 1.76. The van der Waals surface area contributed by atoms with Crippen molar-refractivity contribution in [1.82, 2.24) is 0 Å². The van der Waals surface area contributed by atoms with Crippen LogP contribution in [0.4, 0.5) is 0 Å². The molecule has 0 atom stereocenters. The molecule has 0 radical (unpaired) electrons. The lowest BCUT2D eigenvalue weighted by molar-refractivity contribution is 0.0583. The minimum Gasteiger partial charge on any atom is -0.465 e. The molecule has 1 heterocycles. The van der Waals surface area contributed by atoms with Crippen LogP contribution in [0.1, 0.15) is 32.0 Å². The summed E-state index contributed by atoms with van der Waals surface area (Å²) in [6.45, 7) is -0.00578. The summed E-state index contributed by atoms with van der Waals surface area (Å²) in [6, 6.07) is 8.14. The first-order valence-electron chi connectivity index (χ1n) is 6.64. The molecule has 23 heavy (non-hydrogen) atoms. The van der Waals surface area contributed by atoms with Crippen molar-refractivity contribution in [3.05, 3.63) is 59.0 Å². The molecule has 2 aromatic rings. The van der Waals surface area contributed by atoms with Crippen LogP contribution in [0.15, 0.2) is 46.2 Å². The number of carbonyl (C=O) groups excluding carboxylic acids is 2. The van der Waals surface area contributed by atoms with Gasteiger partial charge in [-0.2, -0.15) is 0 Å². The van der Waals surface area contributed by atoms with Gasteiger partial charge >= 0.3 is 11.9 Å². The zero-order valence-electron chi connectivity index (χ0n) is 12.6. The van der Waals surface area contributed by atoms with Gasteiger partial charge in [-0.05, 0) is 23.8 Å². The van der Waals surface area contributed by atoms with Gasteiger partial charge in [0.05, 0.1) is 32.3 Å². The third-order valence-electron chi connectivity index (χ3n) is 2.95. The van der Waals surface area contributed by atoms with E-state index in [1.54, 1.807) is 24.3 Å². The van der Waals surface area contributed by atoms with Crippen LogP contribution in [0.2, 0.25) is 0 Å². The van der Waals surface area contributed by atoms with Crippen molar-refractivity contribution in [2.45, 2.75) is 6.61 Å². The Labute approximate surface area is 132 Å². The number of furan rings is 1. The minimum absolute atomic E-state index is 0.00578. The Balaban J connectivity index is 1.91. The maximum atomic E-state index is 11.4. The molecule has 120 valence electrons. The lowest BCUT2D eigenvalue weighted by atomic mass is 10.1. The Morgan fingerprint density at radius 2 is 1.78 bits per heavy atom. The van der Waals surface area contributed by atoms with Crippen molar-refractivity contribution in [2.75, 3.05) is 14.2 Å². The average Bonchev–Trinajstić information content (AvgIpc) is 3.06. The molecular weight excluding hydrogens is 302 g/mol. The summed E-state index contributed by atoms with van der Waals surface area (Å²) in [5.41, 5.74) is 1.49. The molecule has 1 aromatic heterocycles. The van der Waals surface area contributed by atoms with E-state index in [0.29, 0.717) is 16.9 Å². The van der Waals surface area contributed by atoms with Crippen LogP contribution in [0.3, 0.4) is 0 Å². The number of ether oxygens (including phenoxy) is 2. The number of rotatable bonds is 6. The van der Waals surface area contributed by atoms with Gasteiger partial charge in [0.2, 0.25) is 0 Å². The number of hydrogen-bond donors (Lipinski definition) is 0. The third kappa shape index (κ3) is 4.19. The van der Waals surface area contributed by atoms with Crippen molar-refractivity contribution in [1.29, 1.82) is 0 Å². The van der Waals surface area contributed by atoms with Crippen molar-refractivity contribution >= 4 is 18.2 Å². The predicted molar refractivity (Wildman–Crippen MR) is 80.2 cm³/mol. The SMILES string of the molecule is COC(=O)c1ccc(C=NOCc2occc2C(=O)OC)cc1. The highest BCUT2D eigenvalue weighted by molar-refractivity contribution is 5.91. The van der Waals surface area contributed by atoms with E-state index < -0.39 is 11.9 Å². The fraction of sp³-hybridized carbons (Fsp3) is 0.188. The highest BCUT2D eigenvalue weighted by Crippen LogP contribution is 2.13. The van der Waals surface area contributed by atoms with E-state index in [1.807, 2.05) is 0 Å². The average molecular weight is 317 g/mol. The van der Waals surface area contributed by atoms with E-state index in [2.05, 4.69) is 14.6 Å². The molecule has 0 aliphatic carbocycles. The predicted octanol–water partition coefficient (Wildman–Crippen LogP) is 2.40. The van der Waals surface area contributed by atoms with Crippen LogP contribution in [0, 0.1) is 0 Å². The van der Waals surface area contributed by atoms with Crippen molar-refractivity contribution in [3.8, 4) is 0 Å². The maximum Gasteiger partial charge on any atom is 0.341 e. The van der Waals surface area contributed by atoms with Gasteiger partial charge in [0.15, 0.2) is 12.4 Å². The van der Waals surface area contributed by atoms with Gasteiger partial charge in [-0.1, -0.05) is 17.3 Å². The molecule has 0 spiro atoms. The number of nitrogens with zero attached hydrogens (tertiary/aromatic N) is 1.